The van der Waals surface area contributed by atoms with E-state index in [1.807, 2.05) is 12.1 Å². The largest absolute Gasteiger partial charge is 0.467 e. The Morgan fingerprint density at radius 3 is 2.51 bits per heavy atom. The van der Waals surface area contributed by atoms with Gasteiger partial charge in [-0.05, 0) is 123 Å². The first-order chi connectivity index (χ1) is 36.0. The highest BCUT2D eigenvalue weighted by atomic mass is 32.2. The number of halogens is 1. The molecule has 0 bridgehead atoms. The van der Waals surface area contributed by atoms with Gasteiger partial charge >= 0.3 is 0 Å². The maximum Gasteiger partial charge on any atom is 0.293 e. The van der Waals surface area contributed by atoms with Gasteiger partial charge in [0.05, 0.1) is 77.7 Å². The van der Waals surface area contributed by atoms with Crippen molar-refractivity contribution in [1.82, 2.24) is 19.6 Å². The molecule has 1 amide bonds. The minimum absolute atomic E-state index is 0.0279. The molecule has 11 rings (SSSR count). The number of aromatic amines is 1. The van der Waals surface area contributed by atoms with Crippen LogP contribution < -0.4 is 24.6 Å². The molecule has 0 unspecified atom stereocenters. The Hall–Kier alpha value is -5.90. The highest BCUT2D eigenvalue weighted by Crippen LogP contribution is 2.54. The highest BCUT2D eigenvalue weighted by molar-refractivity contribution is 7.90. The average Bonchev–Trinajstić information content (AvgIpc) is 3.54. The summed E-state index contributed by atoms with van der Waals surface area (Å²) < 4.78 is 70.8. The zero-order valence-electron chi connectivity index (χ0n) is 42.8. The number of carbonyl (C=O) groups is 1. The predicted molar refractivity (Wildman–Crippen MR) is 281 cm³/mol. The number of piperidine rings is 1. The summed E-state index contributed by atoms with van der Waals surface area (Å²) >= 11 is 0. The number of nitrogens with zero attached hydrogens (tertiary/aromatic N) is 5. The van der Waals surface area contributed by atoms with Crippen LogP contribution in [0, 0.1) is 27.3 Å². The Morgan fingerprint density at radius 2 is 1.73 bits per heavy atom. The van der Waals surface area contributed by atoms with E-state index in [2.05, 4.69) is 62.9 Å². The molecule has 75 heavy (non-hydrogen) atoms. The van der Waals surface area contributed by atoms with Crippen molar-refractivity contribution in [1.29, 1.82) is 0 Å². The van der Waals surface area contributed by atoms with E-state index in [1.165, 1.54) is 29.5 Å². The van der Waals surface area contributed by atoms with Gasteiger partial charge in [-0.3, -0.25) is 19.8 Å². The van der Waals surface area contributed by atoms with Crippen LogP contribution in [0.15, 0.2) is 77.8 Å². The number of anilines is 4. The Bertz CT molecular complexity index is 3050. The number of hydrogen-bond acceptors (Lipinski definition) is 15. The Labute approximate surface area is 436 Å². The number of benzene rings is 3. The number of H-pyrrole nitrogens is 1. The Kier molecular flexibility index (Phi) is 14.0. The molecule has 400 valence electrons. The molecule has 2 saturated carbocycles. The first-order valence-corrected chi connectivity index (χ1v) is 28.0. The van der Waals surface area contributed by atoms with E-state index in [4.69, 9.17) is 23.9 Å². The zero-order chi connectivity index (χ0) is 52.2. The molecule has 0 radical (unpaired) electrons. The summed E-state index contributed by atoms with van der Waals surface area (Å²) in [6.45, 7) is 11.4. The molecule has 3 saturated heterocycles. The summed E-state index contributed by atoms with van der Waals surface area (Å²) in [4.78, 5) is 40.3. The van der Waals surface area contributed by atoms with Crippen molar-refractivity contribution in [2.24, 2.45) is 11.3 Å². The van der Waals surface area contributed by atoms with E-state index in [0.717, 1.165) is 76.5 Å². The van der Waals surface area contributed by atoms with E-state index < -0.39 is 55.1 Å². The van der Waals surface area contributed by atoms with Crippen molar-refractivity contribution in [3.8, 4) is 5.88 Å². The van der Waals surface area contributed by atoms with E-state index in [0.29, 0.717) is 55.9 Å². The summed E-state index contributed by atoms with van der Waals surface area (Å²) in [6.07, 6.45) is 6.80. The van der Waals surface area contributed by atoms with Crippen LogP contribution in [-0.4, -0.2) is 129 Å². The molecule has 4 N–H and O–H groups in total. The number of sulfonamides is 1. The molecule has 3 aromatic carbocycles. The molecule has 2 aliphatic carbocycles. The minimum atomic E-state index is -4.70. The second-order valence-electron chi connectivity index (χ2n) is 22.2. The standard InChI is InChI=1S/C55H67FN8O10S/c1-34(2)39-6-4-5-7-40(39)48-32-71-21-20-62(48)37-27-55(28-37)16-18-61(19-17-55)36-8-10-41(45(24-36)63-31-49-50(33-72-22-23-73-49)74-53-47(63)26-42-43(56)30-58-51(42)59-53)52(65)60-75(69,70)38-9-11-44(46(25-38)64(67)68)57-29-35-12-14-54(3,66)15-13-35/h4-11,24-26,30,34-35,37,48-50,57,66H,12-23,27-29,31-33H2,1-3H3,(H,58,59)(H,60,65)/t35-,48-,49-,50+,54-/m0/s1. The molecule has 4 aliphatic heterocycles. The second kappa shape index (κ2) is 20.6. The molecular formula is C55H67FN8O10S. The summed E-state index contributed by atoms with van der Waals surface area (Å²) in [6, 6.07) is 19.8. The first-order valence-electron chi connectivity index (χ1n) is 26.5. The fourth-order valence-corrected chi connectivity index (χ4v) is 13.4. The molecule has 2 aromatic heterocycles. The lowest BCUT2D eigenvalue weighted by molar-refractivity contribution is -0.384. The van der Waals surface area contributed by atoms with E-state index in [9.17, 15) is 28.4 Å². The highest BCUT2D eigenvalue weighted by Gasteiger charge is 2.50. The quantitative estimate of drug-likeness (QED) is 0.0683. The molecule has 6 heterocycles. The van der Waals surface area contributed by atoms with Crippen molar-refractivity contribution in [2.45, 2.75) is 113 Å². The predicted octanol–water partition coefficient (Wildman–Crippen LogP) is 8.34. The number of fused-ring (bicyclic) bond motifs is 3. The number of aromatic nitrogens is 2. The van der Waals surface area contributed by atoms with Gasteiger partial charge in [0.25, 0.3) is 21.6 Å². The van der Waals surface area contributed by atoms with Gasteiger partial charge in [-0.2, -0.15) is 4.98 Å². The first kappa shape index (κ1) is 51.2. The Morgan fingerprint density at radius 1 is 0.960 bits per heavy atom. The van der Waals surface area contributed by atoms with Crippen molar-refractivity contribution in [2.75, 3.05) is 80.9 Å². The van der Waals surface area contributed by atoms with Gasteiger partial charge in [0.1, 0.15) is 28.9 Å². The van der Waals surface area contributed by atoms with Gasteiger partial charge in [-0.15, -0.1) is 0 Å². The number of nitro groups is 1. The fraction of sp³-hybridized carbons (Fsp3) is 0.527. The summed E-state index contributed by atoms with van der Waals surface area (Å²) in [5.74, 6) is -0.812. The molecule has 5 aromatic rings. The molecular weight excluding hydrogens is 984 g/mol. The third-order valence-electron chi connectivity index (χ3n) is 16.9. The molecule has 1 spiro atoms. The summed E-state index contributed by atoms with van der Waals surface area (Å²) in [5, 5.41) is 26.1. The number of amides is 1. The zero-order valence-corrected chi connectivity index (χ0v) is 43.6. The minimum Gasteiger partial charge on any atom is -0.467 e. The number of aliphatic hydroxyl groups is 1. The average molecular weight is 1050 g/mol. The van der Waals surface area contributed by atoms with Gasteiger partial charge in [0.2, 0.25) is 5.88 Å². The van der Waals surface area contributed by atoms with Gasteiger partial charge < -0.3 is 44.2 Å². The second-order valence-corrected chi connectivity index (χ2v) is 23.8. The fourth-order valence-electron chi connectivity index (χ4n) is 12.5. The topological polar surface area (TPSA) is 214 Å². The number of nitrogens with one attached hydrogen (secondary N) is 3. The lowest BCUT2D eigenvalue weighted by Crippen LogP contribution is -2.58. The lowest BCUT2D eigenvalue weighted by Gasteiger charge is -2.57. The van der Waals surface area contributed by atoms with Crippen molar-refractivity contribution in [3.63, 3.8) is 0 Å². The number of rotatable bonds is 12. The van der Waals surface area contributed by atoms with Crippen molar-refractivity contribution in [3.05, 3.63) is 106 Å². The summed E-state index contributed by atoms with van der Waals surface area (Å²) in [7, 11) is -4.70. The lowest BCUT2D eigenvalue weighted by atomic mass is 9.59. The van der Waals surface area contributed by atoms with Gasteiger partial charge in [0.15, 0.2) is 6.10 Å². The maximum absolute atomic E-state index is 15.4. The van der Waals surface area contributed by atoms with Crippen LogP contribution >= 0.6 is 0 Å². The van der Waals surface area contributed by atoms with Crippen LogP contribution in [0.25, 0.3) is 11.0 Å². The van der Waals surface area contributed by atoms with E-state index >= 15 is 4.39 Å². The number of hydrogen-bond donors (Lipinski definition) is 4. The van der Waals surface area contributed by atoms with Gasteiger partial charge in [-0.25, -0.2) is 17.5 Å². The number of carbonyl (C=O) groups excluding carboxylic acids is 1. The number of ether oxygens (including phenoxy) is 4. The normalized spacial score (nSPS) is 25.4. The third kappa shape index (κ3) is 10.4. The van der Waals surface area contributed by atoms with Crippen LogP contribution in [-0.2, 0) is 24.2 Å². The van der Waals surface area contributed by atoms with Crippen LogP contribution in [0.5, 0.6) is 5.88 Å². The van der Waals surface area contributed by atoms with Crippen LogP contribution in [0.4, 0.5) is 32.8 Å². The molecule has 6 aliphatic rings. The van der Waals surface area contributed by atoms with Gasteiger partial charge in [-0.1, -0.05) is 38.1 Å². The summed E-state index contributed by atoms with van der Waals surface area (Å²) in [5.41, 5.74) is 3.52. The Balaban J connectivity index is 0.880. The number of nitro benzene ring substituents is 1. The molecule has 5 fully saturated rings. The SMILES string of the molecule is CC(C)c1ccccc1[C@@H]1COCCN1C1CC2(CCN(c3ccc(C(=O)NS(=O)(=O)c4ccc(NC[C@H]5CC[C@](C)(O)CC5)c([N+](=O)[O-])c4)c(N4C[C@@H]5OCCOC[C@H]5Oc5nc6[nH]cc(F)c6cc54)c3)CC2)C1. The molecule has 3 atom stereocenters. The van der Waals surface area contributed by atoms with Crippen molar-refractivity contribution >= 4 is 55.4 Å². The maximum atomic E-state index is 15.4. The van der Waals surface area contributed by atoms with E-state index in [-0.39, 0.29) is 65.3 Å². The monoisotopic (exact) mass is 1050 g/mol. The smallest absolute Gasteiger partial charge is 0.293 e. The van der Waals surface area contributed by atoms with Crippen LogP contribution in [0.1, 0.15) is 106 Å². The number of pyridine rings is 1. The van der Waals surface area contributed by atoms with E-state index in [1.54, 1.807) is 24.0 Å². The molecule has 18 nitrogen and oxygen atoms in total. The third-order valence-corrected chi connectivity index (χ3v) is 18.2. The van der Waals surface area contributed by atoms with Crippen molar-refractivity contribution < 1.29 is 46.6 Å². The number of morpholine rings is 1. The van der Waals surface area contributed by atoms with Crippen LogP contribution in [0.3, 0.4) is 0 Å². The van der Waals surface area contributed by atoms with Crippen LogP contribution in [0.2, 0.25) is 0 Å². The van der Waals surface area contributed by atoms with Gasteiger partial charge in [0, 0.05) is 50.2 Å². The molecule has 20 heteroatoms.